The van der Waals surface area contributed by atoms with Crippen molar-refractivity contribution in [1.29, 1.82) is 0 Å². The van der Waals surface area contributed by atoms with Crippen LogP contribution in [0.2, 0.25) is 0 Å². The summed E-state index contributed by atoms with van der Waals surface area (Å²) < 4.78 is 0. The number of rotatable bonds is 2. The van der Waals surface area contributed by atoms with Gasteiger partial charge < -0.3 is 0 Å². The van der Waals surface area contributed by atoms with Gasteiger partial charge in [0.15, 0.2) is 0 Å². The second kappa shape index (κ2) is 3.52. The smallest absolute Gasteiger partial charge is 0.0265 e. The lowest BCUT2D eigenvalue weighted by Crippen LogP contribution is -2.27. The highest BCUT2D eigenvalue weighted by atomic mass is 32.2. The lowest BCUT2D eigenvalue weighted by atomic mass is 10.3. The lowest BCUT2D eigenvalue weighted by Gasteiger charge is -2.26. The van der Waals surface area contributed by atoms with E-state index in [1.807, 2.05) is 0 Å². The van der Waals surface area contributed by atoms with Gasteiger partial charge in [0.2, 0.25) is 0 Å². The van der Waals surface area contributed by atoms with E-state index in [2.05, 4.69) is 47.0 Å². The zero-order chi connectivity index (χ0) is 7.97. The van der Waals surface area contributed by atoms with Crippen molar-refractivity contribution < 1.29 is 0 Å². The molecule has 0 aromatic rings. The van der Waals surface area contributed by atoms with Crippen LogP contribution in [0.25, 0.3) is 0 Å². The van der Waals surface area contributed by atoms with E-state index >= 15 is 0 Å². The van der Waals surface area contributed by atoms with Crippen LogP contribution in [0.5, 0.6) is 0 Å². The molecule has 0 radical (unpaired) electrons. The van der Waals surface area contributed by atoms with Gasteiger partial charge in [-0.05, 0) is 0 Å². The first-order valence-corrected chi connectivity index (χ1v) is 8.59. The molecule has 3 heterocycles. The van der Waals surface area contributed by atoms with Crippen LogP contribution in [0, 0.1) is 0 Å². The number of hydrogen-bond donors (Lipinski definition) is 0. The van der Waals surface area contributed by atoms with Gasteiger partial charge in [0.05, 0.1) is 0 Å². The zero-order valence-corrected chi connectivity index (χ0v) is 10.0. The predicted molar refractivity (Wildman–Crippen MR) is 65.0 cm³/mol. The Morgan fingerprint density at radius 2 is 0.750 bits per heavy atom. The maximum atomic E-state index is 2.26. The molecule has 0 N–H and O–H groups in total. The zero-order valence-electron chi connectivity index (χ0n) is 6.77. The molecule has 3 rings (SSSR count). The van der Waals surface area contributed by atoms with Crippen molar-refractivity contribution >= 4 is 47.0 Å². The summed E-state index contributed by atoms with van der Waals surface area (Å²) in [6, 6.07) is 0. The van der Waals surface area contributed by atoms with Crippen molar-refractivity contribution in [1.82, 2.24) is 0 Å². The van der Waals surface area contributed by atoms with E-state index in [-0.39, 0.29) is 0 Å². The van der Waals surface area contributed by atoms with Crippen molar-refractivity contribution in [2.24, 2.45) is 0 Å². The summed E-state index contributed by atoms with van der Waals surface area (Å²) in [7, 11) is 0. The first-order valence-electron chi connectivity index (χ1n) is 4.40. The van der Waals surface area contributed by atoms with E-state index in [1.165, 1.54) is 23.0 Å². The predicted octanol–water partition coefficient (Wildman–Crippen LogP) is 2.43. The van der Waals surface area contributed by atoms with Gasteiger partial charge in [-0.25, -0.2) is 0 Å². The molecule has 4 unspecified atom stereocenters. The Labute approximate surface area is 90.8 Å². The molecule has 0 nitrogen and oxygen atoms in total. The normalized spacial score (nSPS) is 52.0. The molecule has 3 aliphatic heterocycles. The van der Waals surface area contributed by atoms with Crippen LogP contribution in [-0.2, 0) is 0 Å². The molecule has 4 heteroatoms. The minimum Gasteiger partial charge on any atom is -0.155 e. The van der Waals surface area contributed by atoms with Gasteiger partial charge in [-0.15, -0.1) is 0 Å². The van der Waals surface area contributed by atoms with Crippen LogP contribution >= 0.6 is 47.0 Å². The standard InChI is InChI=1S/C8H12S4/c1-5(9-1)7-3-12-8(4-11-7)6-2-10-6/h5-8H,1-4H2. The van der Waals surface area contributed by atoms with Gasteiger partial charge in [-0.2, -0.15) is 47.0 Å². The molecule has 0 bridgehead atoms. The largest absolute Gasteiger partial charge is 0.155 e. The lowest BCUT2D eigenvalue weighted by molar-refractivity contribution is 0.947. The van der Waals surface area contributed by atoms with Crippen molar-refractivity contribution in [2.45, 2.75) is 21.0 Å². The Hall–Kier alpha value is 1.40. The fourth-order valence-corrected chi connectivity index (χ4v) is 7.44. The fourth-order valence-electron chi connectivity index (χ4n) is 1.50. The highest BCUT2D eigenvalue weighted by molar-refractivity contribution is 8.12. The first-order chi connectivity index (χ1) is 5.93. The van der Waals surface area contributed by atoms with Gasteiger partial charge in [0.25, 0.3) is 0 Å². The minimum absolute atomic E-state index is 1.000. The van der Waals surface area contributed by atoms with Crippen LogP contribution in [-0.4, -0.2) is 44.0 Å². The number of thioether (sulfide) groups is 4. The van der Waals surface area contributed by atoms with Crippen LogP contribution < -0.4 is 0 Å². The van der Waals surface area contributed by atoms with Gasteiger partial charge in [-0.1, -0.05) is 0 Å². The average Bonchev–Trinajstić information content (AvgIpc) is 2.98. The molecule has 12 heavy (non-hydrogen) atoms. The van der Waals surface area contributed by atoms with Gasteiger partial charge in [0, 0.05) is 44.0 Å². The second-order valence-electron chi connectivity index (χ2n) is 3.49. The van der Waals surface area contributed by atoms with Crippen molar-refractivity contribution in [3.05, 3.63) is 0 Å². The molecule has 0 saturated carbocycles. The molecule has 4 atom stereocenters. The molecule has 0 amide bonds. The molecule has 3 aliphatic rings. The minimum atomic E-state index is 1.000. The van der Waals surface area contributed by atoms with E-state index in [0.717, 1.165) is 21.0 Å². The Bertz CT molecular complexity index is 148. The molecule has 0 spiro atoms. The van der Waals surface area contributed by atoms with Crippen LogP contribution in [0.4, 0.5) is 0 Å². The average molecular weight is 236 g/mol. The van der Waals surface area contributed by atoms with Gasteiger partial charge in [-0.3, -0.25) is 0 Å². The molecule has 0 aromatic carbocycles. The van der Waals surface area contributed by atoms with Gasteiger partial charge >= 0.3 is 0 Å². The maximum absolute atomic E-state index is 2.26. The first kappa shape index (κ1) is 8.69. The quantitative estimate of drug-likeness (QED) is 0.675. The topological polar surface area (TPSA) is 0 Å². The Kier molecular flexibility index (Phi) is 2.55. The molecule has 0 aliphatic carbocycles. The molecular weight excluding hydrogens is 224 g/mol. The summed E-state index contributed by atoms with van der Waals surface area (Å²) in [5, 5.41) is 4.07. The van der Waals surface area contributed by atoms with E-state index in [0.29, 0.717) is 0 Å². The summed E-state index contributed by atoms with van der Waals surface area (Å²) in [6.07, 6.45) is 0. The van der Waals surface area contributed by atoms with Crippen LogP contribution in [0.3, 0.4) is 0 Å². The van der Waals surface area contributed by atoms with E-state index in [1.54, 1.807) is 0 Å². The van der Waals surface area contributed by atoms with Gasteiger partial charge in [0.1, 0.15) is 0 Å². The summed E-state index contributed by atoms with van der Waals surface area (Å²) in [5.74, 6) is 5.76. The second-order valence-corrected chi connectivity index (χ2v) is 8.58. The number of hydrogen-bond acceptors (Lipinski definition) is 4. The van der Waals surface area contributed by atoms with E-state index in [4.69, 9.17) is 0 Å². The molecule has 0 aromatic heterocycles. The monoisotopic (exact) mass is 236 g/mol. The SMILES string of the molecule is C1SC1C1CSC(C2CS2)CS1. The van der Waals surface area contributed by atoms with E-state index < -0.39 is 0 Å². The fraction of sp³-hybridized carbons (Fsp3) is 1.00. The highest BCUT2D eigenvalue weighted by Crippen LogP contribution is 2.48. The maximum Gasteiger partial charge on any atom is 0.0265 e. The summed E-state index contributed by atoms with van der Waals surface area (Å²) in [6.45, 7) is 0. The summed E-state index contributed by atoms with van der Waals surface area (Å²) in [5.41, 5.74) is 0. The van der Waals surface area contributed by atoms with Crippen molar-refractivity contribution in [3.63, 3.8) is 0 Å². The third-order valence-corrected chi connectivity index (χ3v) is 8.31. The highest BCUT2D eigenvalue weighted by Gasteiger charge is 2.40. The van der Waals surface area contributed by atoms with E-state index in [9.17, 15) is 0 Å². The molecule has 3 fully saturated rings. The van der Waals surface area contributed by atoms with Crippen molar-refractivity contribution in [3.8, 4) is 0 Å². The third-order valence-electron chi connectivity index (χ3n) is 2.50. The molecular formula is C8H12S4. The summed E-state index contributed by atoms with van der Waals surface area (Å²) in [4.78, 5) is 0. The van der Waals surface area contributed by atoms with Crippen molar-refractivity contribution in [2.75, 3.05) is 23.0 Å². The Morgan fingerprint density at radius 3 is 0.917 bits per heavy atom. The Morgan fingerprint density at radius 1 is 0.500 bits per heavy atom. The third kappa shape index (κ3) is 1.91. The molecule has 3 saturated heterocycles. The molecule has 68 valence electrons. The summed E-state index contributed by atoms with van der Waals surface area (Å²) >= 11 is 8.83. The Balaban J connectivity index is 1.51. The van der Waals surface area contributed by atoms with Crippen LogP contribution in [0.15, 0.2) is 0 Å². The van der Waals surface area contributed by atoms with Crippen LogP contribution in [0.1, 0.15) is 0 Å².